The van der Waals surface area contributed by atoms with Crippen molar-refractivity contribution in [1.82, 2.24) is 16.0 Å². The maximum atomic E-state index is 13.4. The summed E-state index contributed by atoms with van der Waals surface area (Å²) >= 11 is 0. The molecule has 0 fully saturated rings. The highest BCUT2D eigenvalue weighted by molar-refractivity contribution is 5.94. The molecule has 0 heterocycles. The summed E-state index contributed by atoms with van der Waals surface area (Å²) in [6.45, 7) is 4.89. The zero-order chi connectivity index (χ0) is 30.0. The highest BCUT2D eigenvalue weighted by Gasteiger charge is 2.33. The zero-order valence-corrected chi connectivity index (χ0v) is 22.7. The van der Waals surface area contributed by atoms with Gasteiger partial charge in [0.25, 0.3) is 0 Å². The summed E-state index contributed by atoms with van der Waals surface area (Å²) in [5.74, 6) is -3.87. The molecular formula is C28H38N4O8. The minimum atomic E-state index is -1.34. The van der Waals surface area contributed by atoms with Crippen molar-refractivity contribution in [2.24, 2.45) is 11.7 Å². The second-order valence-corrected chi connectivity index (χ2v) is 9.84. The van der Waals surface area contributed by atoms with Crippen LogP contribution in [0.2, 0.25) is 0 Å². The van der Waals surface area contributed by atoms with Gasteiger partial charge < -0.3 is 42.1 Å². The maximum absolute atomic E-state index is 13.4. The smallest absolute Gasteiger partial charge is 0.326 e. The Bertz CT molecular complexity index is 1150. The van der Waals surface area contributed by atoms with Crippen LogP contribution >= 0.6 is 0 Å². The van der Waals surface area contributed by atoms with Gasteiger partial charge in [-0.3, -0.25) is 14.4 Å². The number of nitrogens with one attached hydrogen (secondary N) is 3. The molecule has 0 aromatic heterocycles. The molecule has 0 saturated carbocycles. The van der Waals surface area contributed by atoms with Crippen molar-refractivity contribution in [1.29, 1.82) is 0 Å². The third-order valence-corrected chi connectivity index (χ3v) is 6.62. The van der Waals surface area contributed by atoms with E-state index in [1.807, 2.05) is 6.92 Å². The number of carboxylic acid groups (broad SMARTS) is 1. The minimum absolute atomic E-state index is 0.00243. The predicted octanol–water partition coefficient (Wildman–Crippen LogP) is 0.176. The maximum Gasteiger partial charge on any atom is 0.326 e. The highest BCUT2D eigenvalue weighted by Crippen LogP contribution is 2.15. The standard InChI is InChI=1S/C28H38N4O8/c1-4-15(2)24(32-26(37)23(29)16(3)33)27(38)30-21(13-17-5-9-19(34)10-6-17)25(36)31-22(28(39)40)14-18-7-11-20(35)12-8-18/h5-12,15-16,21-24,33-35H,4,13-14,29H2,1-3H3,(H,30,38)(H,31,36)(H,32,37)(H,39,40). The monoisotopic (exact) mass is 558 g/mol. The molecule has 2 rings (SSSR count). The van der Waals surface area contributed by atoms with E-state index in [-0.39, 0.29) is 30.3 Å². The van der Waals surface area contributed by atoms with Gasteiger partial charge in [-0.05, 0) is 48.2 Å². The fourth-order valence-electron chi connectivity index (χ4n) is 3.85. The topological polar surface area (TPSA) is 211 Å². The van der Waals surface area contributed by atoms with E-state index >= 15 is 0 Å². The molecule has 6 atom stereocenters. The van der Waals surface area contributed by atoms with Crippen LogP contribution < -0.4 is 21.7 Å². The lowest BCUT2D eigenvalue weighted by Gasteiger charge is -2.28. The van der Waals surface area contributed by atoms with Gasteiger partial charge in [-0.1, -0.05) is 44.5 Å². The molecule has 6 unspecified atom stereocenters. The van der Waals surface area contributed by atoms with Gasteiger partial charge >= 0.3 is 5.97 Å². The molecule has 12 nitrogen and oxygen atoms in total. The quantitative estimate of drug-likeness (QED) is 0.159. The number of aliphatic carboxylic acids is 1. The van der Waals surface area contributed by atoms with E-state index in [0.29, 0.717) is 17.5 Å². The molecule has 0 aliphatic heterocycles. The number of nitrogens with two attached hydrogens (primary N) is 1. The summed E-state index contributed by atoms with van der Waals surface area (Å²) in [5, 5.41) is 46.2. The van der Waals surface area contributed by atoms with Gasteiger partial charge in [0, 0.05) is 12.8 Å². The van der Waals surface area contributed by atoms with Crippen molar-refractivity contribution in [2.75, 3.05) is 0 Å². The lowest BCUT2D eigenvalue weighted by Crippen LogP contribution is -2.60. The SMILES string of the molecule is CCC(C)C(NC(=O)C(N)C(C)O)C(=O)NC(Cc1ccc(O)cc1)C(=O)NC(Cc1ccc(O)cc1)C(=O)O. The normalized spacial score (nSPS) is 15.5. The van der Waals surface area contributed by atoms with E-state index in [2.05, 4.69) is 16.0 Å². The van der Waals surface area contributed by atoms with E-state index in [1.54, 1.807) is 19.1 Å². The molecule has 9 N–H and O–H groups in total. The summed E-state index contributed by atoms with van der Waals surface area (Å²) in [7, 11) is 0. The highest BCUT2D eigenvalue weighted by atomic mass is 16.4. The average molecular weight is 559 g/mol. The Kier molecular flexibility index (Phi) is 11.9. The Morgan fingerprint density at radius 3 is 1.62 bits per heavy atom. The van der Waals surface area contributed by atoms with Crippen LogP contribution in [0.4, 0.5) is 0 Å². The number of aliphatic hydroxyl groups excluding tert-OH is 1. The van der Waals surface area contributed by atoms with E-state index in [9.17, 15) is 39.6 Å². The molecule has 0 aliphatic carbocycles. The number of rotatable bonds is 14. The van der Waals surface area contributed by atoms with Crippen molar-refractivity contribution in [3.05, 3.63) is 59.7 Å². The number of aliphatic hydroxyl groups is 1. The summed E-state index contributed by atoms with van der Waals surface area (Å²) in [4.78, 5) is 51.2. The Hall–Kier alpha value is -4.16. The van der Waals surface area contributed by atoms with Crippen LogP contribution in [0, 0.1) is 5.92 Å². The van der Waals surface area contributed by atoms with Crippen LogP contribution in [-0.2, 0) is 32.0 Å². The van der Waals surface area contributed by atoms with Gasteiger partial charge in [0.05, 0.1) is 6.10 Å². The largest absolute Gasteiger partial charge is 0.508 e. The van der Waals surface area contributed by atoms with Crippen LogP contribution in [-0.4, -0.2) is 74.4 Å². The summed E-state index contributed by atoms with van der Waals surface area (Å²) < 4.78 is 0. The number of benzene rings is 2. The van der Waals surface area contributed by atoms with Crippen molar-refractivity contribution in [3.63, 3.8) is 0 Å². The number of carbonyl (C=O) groups excluding carboxylic acids is 3. The first-order valence-corrected chi connectivity index (χ1v) is 13.0. The van der Waals surface area contributed by atoms with Crippen LogP contribution in [0.5, 0.6) is 11.5 Å². The second kappa shape index (κ2) is 14.8. The van der Waals surface area contributed by atoms with E-state index in [1.165, 1.54) is 43.3 Å². The average Bonchev–Trinajstić information content (AvgIpc) is 2.91. The van der Waals surface area contributed by atoms with Crippen LogP contribution in [0.15, 0.2) is 48.5 Å². The minimum Gasteiger partial charge on any atom is -0.508 e. The first-order chi connectivity index (χ1) is 18.8. The Morgan fingerprint density at radius 2 is 1.20 bits per heavy atom. The van der Waals surface area contributed by atoms with Crippen molar-refractivity contribution in [3.8, 4) is 11.5 Å². The van der Waals surface area contributed by atoms with Gasteiger partial charge in [-0.2, -0.15) is 0 Å². The molecule has 3 amide bonds. The third kappa shape index (κ3) is 9.54. The summed E-state index contributed by atoms with van der Waals surface area (Å²) in [6, 6.07) is 6.86. The lowest BCUT2D eigenvalue weighted by molar-refractivity contribution is -0.142. The molecule has 0 spiro atoms. The molecule has 218 valence electrons. The number of phenolic OH excluding ortho intramolecular Hbond substituents is 2. The molecule has 0 saturated heterocycles. The fraction of sp³-hybridized carbons (Fsp3) is 0.429. The molecule has 0 radical (unpaired) electrons. The molecular weight excluding hydrogens is 520 g/mol. The number of hydrogen-bond donors (Lipinski definition) is 8. The van der Waals surface area contributed by atoms with Gasteiger partial charge in [0.1, 0.15) is 35.7 Å². The fourth-order valence-corrected chi connectivity index (χ4v) is 3.85. The van der Waals surface area contributed by atoms with Gasteiger partial charge in [0.15, 0.2) is 0 Å². The first kappa shape index (κ1) is 32.1. The molecule has 2 aromatic carbocycles. The zero-order valence-electron chi connectivity index (χ0n) is 22.7. The summed E-state index contributed by atoms with van der Waals surface area (Å²) in [5.41, 5.74) is 6.85. The third-order valence-electron chi connectivity index (χ3n) is 6.62. The number of amides is 3. The predicted molar refractivity (Wildman–Crippen MR) is 146 cm³/mol. The number of carboxylic acids is 1. The molecule has 0 aliphatic rings. The number of hydrogen-bond acceptors (Lipinski definition) is 8. The van der Waals surface area contributed by atoms with Gasteiger partial charge in [-0.15, -0.1) is 0 Å². The Labute approximate surface area is 232 Å². The first-order valence-electron chi connectivity index (χ1n) is 13.0. The number of aromatic hydroxyl groups is 2. The molecule has 0 bridgehead atoms. The van der Waals surface area contributed by atoms with E-state index < -0.39 is 54.0 Å². The van der Waals surface area contributed by atoms with Crippen molar-refractivity contribution < 1.29 is 39.6 Å². The molecule has 2 aromatic rings. The lowest BCUT2D eigenvalue weighted by atomic mass is 9.96. The molecule has 40 heavy (non-hydrogen) atoms. The van der Waals surface area contributed by atoms with E-state index in [4.69, 9.17) is 5.73 Å². The second-order valence-electron chi connectivity index (χ2n) is 9.84. The van der Waals surface area contributed by atoms with Crippen LogP contribution in [0.3, 0.4) is 0 Å². The van der Waals surface area contributed by atoms with Gasteiger partial charge in [0.2, 0.25) is 17.7 Å². The van der Waals surface area contributed by atoms with Crippen molar-refractivity contribution >= 4 is 23.7 Å². The summed E-state index contributed by atoms with van der Waals surface area (Å²) in [6.07, 6.45) is -0.790. The van der Waals surface area contributed by atoms with Crippen LogP contribution in [0.1, 0.15) is 38.3 Å². The Balaban J connectivity index is 2.30. The number of phenols is 2. The van der Waals surface area contributed by atoms with Crippen LogP contribution in [0.25, 0.3) is 0 Å². The van der Waals surface area contributed by atoms with E-state index in [0.717, 1.165) is 0 Å². The Morgan fingerprint density at radius 1 is 0.750 bits per heavy atom. The van der Waals surface area contributed by atoms with Crippen molar-refractivity contribution in [2.45, 2.75) is 70.3 Å². The van der Waals surface area contributed by atoms with Gasteiger partial charge in [-0.25, -0.2) is 4.79 Å². The molecule has 12 heteroatoms. The number of carbonyl (C=O) groups is 4.